The summed E-state index contributed by atoms with van der Waals surface area (Å²) in [6.07, 6.45) is 3.01. The zero-order valence-electron chi connectivity index (χ0n) is 18.8. The van der Waals surface area contributed by atoms with Crippen LogP contribution in [-0.4, -0.2) is 53.7 Å². The highest BCUT2D eigenvalue weighted by Crippen LogP contribution is 2.21. The summed E-state index contributed by atoms with van der Waals surface area (Å²) in [5.41, 5.74) is 0.755. The number of carbonyl (C=O) groups is 2. The van der Waals surface area contributed by atoms with Crippen molar-refractivity contribution in [1.82, 2.24) is 15.2 Å². The predicted octanol–water partition coefficient (Wildman–Crippen LogP) is 4.62. The summed E-state index contributed by atoms with van der Waals surface area (Å²) in [5, 5.41) is 3.32. The second-order valence-electron chi connectivity index (χ2n) is 8.82. The maximum absolute atomic E-state index is 13.2. The van der Waals surface area contributed by atoms with E-state index in [1.807, 2.05) is 11.0 Å². The first-order valence-corrected chi connectivity index (χ1v) is 10.8. The molecule has 32 heavy (non-hydrogen) atoms. The van der Waals surface area contributed by atoms with E-state index in [4.69, 9.17) is 9.47 Å². The van der Waals surface area contributed by atoms with Gasteiger partial charge in [0.1, 0.15) is 23.7 Å². The van der Waals surface area contributed by atoms with Gasteiger partial charge in [0.15, 0.2) is 0 Å². The summed E-state index contributed by atoms with van der Waals surface area (Å²) < 4.78 is 24.0. The minimum Gasteiger partial charge on any atom is -0.489 e. The quantitative estimate of drug-likeness (QED) is 0.705. The standard InChI is InChI=1S/C24H30FN3O4/c1-24(2,3)32-23(30)26-15-17(14-25)16-31-19-8-10-20-18(13-19)7-9-21(27-20)22(29)28-11-5-4-6-12-28/h7-10,13-14H,4-6,11-12,15-16H2,1-3H3,(H,26,30)/b17-14+. The Labute approximate surface area is 187 Å². The van der Waals surface area contributed by atoms with Crippen molar-refractivity contribution in [3.63, 3.8) is 0 Å². The molecule has 7 nitrogen and oxygen atoms in total. The Kier molecular flexibility index (Phi) is 7.66. The number of amides is 2. The van der Waals surface area contributed by atoms with E-state index in [2.05, 4.69) is 10.3 Å². The number of benzene rings is 1. The number of pyridine rings is 1. The SMILES string of the molecule is CC(C)(C)OC(=O)NC/C(=C\F)COc1ccc2nc(C(=O)N3CCCCC3)ccc2c1. The van der Waals surface area contributed by atoms with E-state index in [0.717, 1.165) is 37.7 Å². The molecule has 172 valence electrons. The van der Waals surface area contributed by atoms with E-state index in [0.29, 0.717) is 23.3 Å². The fraction of sp³-hybridized carbons (Fsp3) is 0.458. The van der Waals surface area contributed by atoms with E-state index in [-0.39, 0.29) is 24.6 Å². The minimum atomic E-state index is -0.627. The van der Waals surface area contributed by atoms with E-state index in [9.17, 15) is 14.0 Å². The van der Waals surface area contributed by atoms with Crippen LogP contribution in [0.3, 0.4) is 0 Å². The Morgan fingerprint density at radius 2 is 1.91 bits per heavy atom. The summed E-state index contributed by atoms with van der Waals surface area (Å²) in [7, 11) is 0. The average Bonchev–Trinajstić information content (AvgIpc) is 2.77. The van der Waals surface area contributed by atoms with Crippen LogP contribution in [0, 0.1) is 0 Å². The molecule has 2 heterocycles. The number of likely N-dealkylation sites (tertiary alicyclic amines) is 1. The van der Waals surface area contributed by atoms with Gasteiger partial charge in [0.2, 0.25) is 0 Å². The highest BCUT2D eigenvalue weighted by atomic mass is 19.1. The van der Waals surface area contributed by atoms with Crippen LogP contribution in [0.1, 0.15) is 50.5 Å². The lowest BCUT2D eigenvalue weighted by Crippen LogP contribution is -2.36. The molecule has 1 aliphatic rings. The number of piperidine rings is 1. The maximum Gasteiger partial charge on any atom is 0.407 e. The minimum absolute atomic E-state index is 0.0253. The van der Waals surface area contributed by atoms with Gasteiger partial charge in [-0.1, -0.05) is 6.07 Å². The highest BCUT2D eigenvalue weighted by Gasteiger charge is 2.19. The lowest BCUT2D eigenvalue weighted by Gasteiger charge is -2.26. The lowest BCUT2D eigenvalue weighted by atomic mass is 10.1. The van der Waals surface area contributed by atoms with Gasteiger partial charge in [0.25, 0.3) is 5.91 Å². The molecule has 0 radical (unpaired) electrons. The smallest absolute Gasteiger partial charge is 0.407 e. The molecule has 0 spiro atoms. The van der Waals surface area contributed by atoms with Gasteiger partial charge in [0.05, 0.1) is 11.8 Å². The molecular formula is C24H30FN3O4. The molecule has 2 aromatic rings. The summed E-state index contributed by atoms with van der Waals surface area (Å²) in [6, 6.07) is 8.84. The molecule has 1 aliphatic heterocycles. The number of halogens is 1. The number of alkyl carbamates (subject to hydrolysis) is 1. The van der Waals surface area contributed by atoms with Crippen molar-refractivity contribution in [1.29, 1.82) is 0 Å². The molecule has 8 heteroatoms. The maximum atomic E-state index is 13.2. The Bertz CT molecular complexity index is 994. The van der Waals surface area contributed by atoms with Crippen molar-refractivity contribution in [2.24, 2.45) is 0 Å². The first kappa shape index (κ1) is 23.5. The van der Waals surface area contributed by atoms with Crippen LogP contribution >= 0.6 is 0 Å². The molecule has 1 fully saturated rings. The molecule has 1 N–H and O–H groups in total. The van der Waals surface area contributed by atoms with Crippen LogP contribution in [0.25, 0.3) is 10.9 Å². The Hall–Kier alpha value is -3.16. The topological polar surface area (TPSA) is 80.8 Å². The molecule has 0 saturated carbocycles. The Morgan fingerprint density at radius 3 is 2.59 bits per heavy atom. The number of ether oxygens (including phenoxy) is 2. The van der Waals surface area contributed by atoms with Gasteiger partial charge in [-0.25, -0.2) is 14.2 Å². The van der Waals surface area contributed by atoms with Crippen molar-refractivity contribution >= 4 is 22.9 Å². The third-order valence-electron chi connectivity index (χ3n) is 4.96. The van der Waals surface area contributed by atoms with Crippen molar-refractivity contribution in [3.8, 4) is 5.75 Å². The third-order valence-corrected chi connectivity index (χ3v) is 4.96. The molecule has 1 aromatic heterocycles. The normalized spacial score (nSPS) is 14.9. The van der Waals surface area contributed by atoms with E-state index in [1.165, 1.54) is 0 Å². The third kappa shape index (κ3) is 6.67. The number of nitrogens with zero attached hydrogens (tertiary/aromatic N) is 2. The number of fused-ring (bicyclic) bond motifs is 1. The van der Waals surface area contributed by atoms with Gasteiger partial charge in [-0.3, -0.25) is 4.79 Å². The molecule has 3 rings (SSSR count). The first-order chi connectivity index (χ1) is 15.2. The number of hydrogen-bond acceptors (Lipinski definition) is 5. The number of aromatic nitrogens is 1. The molecule has 0 unspecified atom stereocenters. The summed E-state index contributed by atoms with van der Waals surface area (Å²) >= 11 is 0. The Balaban J connectivity index is 1.58. The average molecular weight is 444 g/mol. The zero-order chi connectivity index (χ0) is 23.1. The van der Waals surface area contributed by atoms with Gasteiger partial charge < -0.3 is 19.7 Å². The number of hydrogen-bond donors (Lipinski definition) is 1. The van der Waals surface area contributed by atoms with Crippen LogP contribution in [0.2, 0.25) is 0 Å². The fourth-order valence-electron chi connectivity index (χ4n) is 3.37. The van der Waals surface area contributed by atoms with Crippen molar-refractivity contribution < 1.29 is 23.5 Å². The van der Waals surface area contributed by atoms with E-state index >= 15 is 0 Å². The molecular weight excluding hydrogens is 413 g/mol. The molecule has 0 bridgehead atoms. The number of carbonyl (C=O) groups excluding carboxylic acids is 2. The summed E-state index contributed by atoms with van der Waals surface area (Å²) in [4.78, 5) is 30.7. The second kappa shape index (κ2) is 10.4. The zero-order valence-corrected chi connectivity index (χ0v) is 18.8. The predicted molar refractivity (Wildman–Crippen MR) is 120 cm³/mol. The van der Waals surface area contributed by atoms with Gasteiger partial charge >= 0.3 is 6.09 Å². The van der Waals surface area contributed by atoms with Gasteiger partial charge in [0, 0.05) is 30.6 Å². The van der Waals surface area contributed by atoms with Crippen LogP contribution in [0.4, 0.5) is 9.18 Å². The van der Waals surface area contributed by atoms with Crippen LogP contribution in [0.5, 0.6) is 5.75 Å². The van der Waals surface area contributed by atoms with Crippen LogP contribution in [0.15, 0.2) is 42.2 Å². The van der Waals surface area contributed by atoms with Crippen molar-refractivity contribution in [2.75, 3.05) is 26.2 Å². The van der Waals surface area contributed by atoms with Gasteiger partial charge in [-0.05, 0) is 64.3 Å². The Morgan fingerprint density at radius 1 is 1.16 bits per heavy atom. The fourth-order valence-corrected chi connectivity index (χ4v) is 3.37. The summed E-state index contributed by atoms with van der Waals surface area (Å²) in [5.74, 6) is 0.494. The largest absolute Gasteiger partial charge is 0.489 e. The highest BCUT2D eigenvalue weighted by molar-refractivity contribution is 5.95. The molecule has 0 aliphatic carbocycles. The van der Waals surface area contributed by atoms with Crippen LogP contribution < -0.4 is 10.1 Å². The first-order valence-electron chi connectivity index (χ1n) is 10.8. The van der Waals surface area contributed by atoms with Crippen molar-refractivity contribution in [3.05, 3.63) is 47.9 Å². The van der Waals surface area contributed by atoms with Gasteiger partial charge in [-0.15, -0.1) is 0 Å². The number of nitrogens with one attached hydrogen (secondary N) is 1. The van der Waals surface area contributed by atoms with E-state index in [1.54, 1.807) is 45.0 Å². The van der Waals surface area contributed by atoms with Gasteiger partial charge in [-0.2, -0.15) is 0 Å². The molecule has 1 aromatic carbocycles. The van der Waals surface area contributed by atoms with E-state index < -0.39 is 11.7 Å². The van der Waals surface area contributed by atoms with Crippen molar-refractivity contribution in [2.45, 2.75) is 45.6 Å². The molecule has 2 amide bonds. The summed E-state index contributed by atoms with van der Waals surface area (Å²) in [6.45, 7) is 6.75. The molecule has 1 saturated heterocycles. The monoisotopic (exact) mass is 443 g/mol. The second-order valence-corrected chi connectivity index (χ2v) is 8.82. The lowest BCUT2D eigenvalue weighted by molar-refractivity contribution is 0.0531. The molecule has 0 atom stereocenters. The number of rotatable bonds is 6. The van der Waals surface area contributed by atoms with Crippen LogP contribution in [-0.2, 0) is 4.74 Å².